The average molecular weight is 382 g/mol. The van der Waals surface area contributed by atoms with Crippen LogP contribution in [0.3, 0.4) is 0 Å². The van der Waals surface area contributed by atoms with Crippen LogP contribution in [0.2, 0.25) is 5.02 Å². The zero-order valence-corrected chi connectivity index (χ0v) is 15.8. The van der Waals surface area contributed by atoms with Crippen molar-refractivity contribution in [1.29, 1.82) is 0 Å². The first kappa shape index (κ1) is 19.4. The second-order valence-electron chi connectivity index (χ2n) is 5.25. The zero-order valence-electron chi connectivity index (χ0n) is 15.1. The molecule has 10 heteroatoms. The molecule has 2 amide bonds. The average Bonchev–Trinajstić information content (AvgIpc) is 2.62. The molecule has 2 rings (SSSR count). The molecule has 2 N–H and O–H groups in total. The number of carbonyl (C=O) groups is 1. The minimum Gasteiger partial charge on any atom is -0.495 e. The van der Waals surface area contributed by atoms with Crippen molar-refractivity contribution in [3.8, 4) is 17.5 Å². The van der Waals surface area contributed by atoms with E-state index in [2.05, 4.69) is 20.6 Å². The number of amides is 2. The Morgan fingerprint density at radius 3 is 2.27 bits per heavy atom. The largest absolute Gasteiger partial charge is 0.495 e. The predicted molar refractivity (Wildman–Crippen MR) is 100 cm³/mol. The summed E-state index contributed by atoms with van der Waals surface area (Å²) in [6, 6.07) is 2.81. The van der Waals surface area contributed by atoms with Crippen LogP contribution in [-0.4, -0.2) is 51.4 Å². The summed E-state index contributed by atoms with van der Waals surface area (Å²) in [6.07, 6.45) is 1.46. The molecule has 0 saturated heterocycles. The molecule has 1 aromatic heterocycles. The monoisotopic (exact) mass is 381 g/mol. The van der Waals surface area contributed by atoms with Crippen LogP contribution in [0.25, 0.3) is 0 Å². The van der Waals surface area contributed by atoms with Crippen molar-refractivity contribution < 1.29 is 19.0 Å². The first-order valence-electron chi connectivity index (χ1n) is 7.47. The second-order valence-corrected chi connectivity index (χ2v) is 5.66. The van der Waals surface area contributed by atoms with Gasteiger partial charge >= 0.3 is 12.0 Å². The summed E-state index contributed by atoms with van der Waals surface area (Å²) in [6.45, 7) is 0. The normalized spacial score (nSPS) is 10.1. The number of ether oxygens (including phenoxy) is 3. The van der Waals surface area contributed by atoms with Gasteiger partial charge in [0.2, 0.25) is 0 Å². The maximum absolute atomic E-state index is 12.4. The van der Waals surface area contributed by atoms with Crippen molar-refractivity contribution in [3.63, 3.8) is 0 Å². The maximum Gasteiger partial charge on any atom is 0.323 e. The molecule has 0 aliphatic rings. The molecule has 0 radical (unpaired) electrons. The molecule has 1 aromatic carbocycles. The molecule has 1 heterocycles. The van der Waals surface area contributed by atoms with Gasteiger partial charge in [-0.3, -0.25) is 0 Å². The summed E-state index contributed by atoms with van der Waals surface area (Å²) < 4.78 is 15.4. The second kappa shape index (κ2) is 8.43. The quantitative estimate of drug-likeness (QED) is 0.793. The van der Waals surface area contributed by atoms with Gasteiger partial charge in [0.25, 0.3) is 0 Å². The van der Waals surface area contributed by atoms with Gasteiger partial charge in [-0.1, -0.05) is 11.6 Å². The first-order chi connectivity index (χ1) is 12.4. The summed E-state index contributed by atoms with van der Waals surface area (Å²) in [7, 11) is 8.02. The lowest BCUT2D eigenvalue weighted by Crippen LogP contribution is -2.23. The van der Waals surface area contributed by atoms with Crippen LogP contribution in [0.4, 0.5) is 22.0 Å². The number of rotatable bonds is 6. The number of nitrogens with one attached hydrogen (secondary N) is 2. The smallest absolute Gasteiger partial charge is 0.323 e. The molecule has 0 bridgehead atoms. The van der Waals surface area contributed by atoms with Crippen LogP contribution in [0.5, 0.6) is 17.5 Å². The number of aromatic nitrogens is 2. The van der Waals surface area contributed by atoms with E-state index in [0.29, 0.717) is 33.7 Å². The number of benzene rings is 1. The number of carbonyl (C=O) groups excluding carboxylic acids is 1. The first-order valence-corrected chi connectivity index (χ1v) is 7.85. The van der Waals surface area contributed by atoms with E-state index in [1.807, 2.05) is 0 Å². The number of methoxy groups -OCH3 is 3. The third kappa shape index (κ3) is 4.37. The molecule has 0 atom stereocenters. The van der Waals surface area contributed by atoms with E-state index in [0.717, 1.165) is 0 Å². The van der Waals surface area contributed by atoms with Crippen LogP contribution < -0.4 is 29.7 Å². The van der Waals surface area contributed by atoms with Crippen molar-refractivity contribution >= 4 is 34.8 Å². The highest BCUT2D eigenvalue weighted by Gasteiger charge is 2.15. The van der Waals surface area contributed by atoms with E-state index in [1.165, 1.54) is 33.6 Å². The number of halogens is 1. The third-order valence-electron chi connectivity index (χ3n) is 3.32. The van der Waals surface area contributed by atoms with Crippen LogP contribution in [-0.2, 0) is 0 Å². The number of nitrogens with zero attached hydrogens (tertiary/aromatic N) is 3. The standard InChI is InChI=1S/C16H20ClN5O4/c1-22(2)14-11(8-18-16(21-14)26-5)20-15(23)19-10-6-9(17)12(24-3)7-13(10)25-4/h6-8H,1-5H3,(H2,19,20,23). The number of anilines is 3. The Hall–Kier alpha value is -2.94. The van der Waals surface area contributed by atoms with E-state index in [-0.39, 0.29) is 6.01 Å². The van der Waals surface area contributed by atoms with Crippen LogP contribution in [0, 0.1) is 0 Å². The van der Waals surface area contributed by atoms with Gasteiger partial charge in [0, 0.05) is 20.2 Å². The summed E-state index contributed by atoms with van der Waals surface area (Å²) in [5.74, 6) is 1.33. The van der Waals surface area contributed by atoms with Crippen LogP contribution >= 0.6 is 11.6 Å². The molecule has 140 valence electrons. The molecule has 9 nitrogen and oxygen atoms in total. The summed E-state index contributed by atoms with van der Waals surface area (Å²) in [4.78, 5) is 22.3. The highest BCUT2D eigenvalue weighted by molar-refractivity contribution is 6.32. The third-order valence-corrected chi connectivity index (χ3v) is 3.62. The van der Waals surface area contributed by atoms with Crippen LogP contribution in [0.15, 0.2) is 18.3 Å². The van der Waals surface area contributed by atoms with E-state index in [9.17, 15) is 4.79 Å². The highest BCUT2D eigenvalue weighted by Crippen LogP contribution is 2.36. The van der Waals surface area contributed by atoms with Gasteiger partial charge in [-0.15, -0.1) is 0 Å². The topological polar surface area (TPSA) is 97.8 Å². The van der Waals surface area contributed by atoms with Crippen molar-refractivity contribution in [3.05, 3.63) is 23.4 Å². The molecule has 0 aliphatic carbocycles. The molecule has 0 fully saturated rings. The maximum atomic E-state index is 12.4. The Labute approximate surface area is 156 Å². The minimum atomic E-state index is -0.513. The van der Waals surface area contributed by atoms with Gasteiger partial charge in [0.05, 0.1) is 38.2 Å². The van der Waals surface area contributed by atoms with Crippen molar-refractivity contribution in [2.24, 2.45) is 0 Å². The molecule has 0 unspecified atom stereocenters. The summed E-state index contributed by atoms with van der Waals surface area (Å²) >= 11 is 6.11. The fourth-order valence-corrected chi connectivity index (χ4v) is 2.36. The highest BCUT2D eigenvalue weighted by atomic mass is 35.5. The number of urea groups is 1. The lowest BCUT2D eigenvalue weighted by atomic mass is 10.2. The van der Waals surface area contributed by atoms with Crippen LogP contribution in [0.1, 0.15) is 0 Å². The molecule has 0 saturated carbocycles. The Kier molecular flexibility index (Phi) is 6.29. The van der Waals surface area contributed by atoms with E-state index in [4.69, 9.17) is 25.8 Å². The van der Waals surface area contributed by atoms with Gasteiger partial charge in [0.1, 0.15) is 17.2 Å². The molecular weight excluding hydrogens is 362 g/mol. The number of hydrogen-bond acceptors (Lipinski definition) is 7. The van der Waals surface area contributed by atoms with Crippen molar-refractivity contribution in [2.45, 2.75) is 0 Å². The van der Waals surface area contributed by atoms with E-state index < -0.39 is 6.03 Å². The van der Waals surface area contributed by atoms with E-state index >= 15 is 0 Å². The predicted octanol–water partition coefficient (Wildman–Crippen LogP) is 2.87. The number of hydrogen-bond donors (Lipinski definition) is 2. The zero-order chi connectivity index (χ0) is 19.3. The van der Waals surface area contributed by atoms with Crippen molar-refractivity contribution in [2.75, 3.05) is 51.0 Å². The Balaban J connectivity index is 2.23. The summed E-state index contributed by atoms with van der Waals surface area (Å²) in [5.41, 5.74) is 0.795. The van der Waals surface area contributed by atoms with E-state index in [1.54, 1.807) is 25.1 Å². The molecule has 0 spiro atoms. The lowest BCUT2D eigenvalue weighted by Gasteiger charge is -2.18. The Morgan fingerprint density at radius 2 is 1.69 bits per heavy atom. The SMILES string of the molecule is COc1ncc(NC(=O)Nc2cc(Cl)c(OC)cc2OC)c(N(C)C)n1. The summed E-state index contributed by atoms with van der Waals surface area (Å²) in [5, 5.41) is 5.70. The molecule has 26 heavy (non-hydrogen) atoms. The van der Waals surface area contributed by atoms with Gasteiger partial charge in [-0.05, 0) is 6.07 Å². The van der Waals surface area contributed by atoms with Gasteiger partial charge in [-0.25, -0.2) is 9.78 Å². The molecule has 2 aromatic rings. The molecular formula is C16H20ClN5O4. The Bertz CT molecular complexity index is 800. The lowest BCUT2D eigenvalue weighted by molar-refractivity contribution is 0.262. The van der Waals surface area contributed by atoms with Gasteiger partial charge < -0.3 is 29.7 Å². The minimum absolute atomic E-state index is 0.197. The Morgan fingerprint density at radius 1 is 1.04 bits per heavy atom. The fraction of sp³-hybridized carbons (Fsp3) is 0.312. The fourth-order valence-electron chi connectivity index (χ4n) is 2.12. The van der Waals surface area contributed by atoms with Gasteiger partial charge in [0.15, 0.2) is 5.82 Å². The van der Waals surface area contributed by atoms with Gasteiger partial charge in [-0.2, -0.15) is 4.98 Å². The van der Waals surface area contributed by atoms with Crippen molar-refractivity contribution in [1.82, 2.24) is 9.97 Å². The molecule has 0 aliphatic heterocycles.